The predicted molar refractivity (Wildman–Crippen MR) is 48.7 cm³/mol. The molecule has 0 spiro atoms. The number of carbonyl (C=O) groups excluding carboxylic acids is 1. The highest BCUT2D eigenvalue weighted by atomic mass is 16.1. The summed E-state index contributed by atoms with van der Waals surface area (Å²) in [6, 6.07) is 0. The van der Waals surface area contributed by atoms with Crippen molar-refractivity contribution in [2.75, 3.05) is 20.1 Å². The maximum Gasteiger partial charge on any atom is 0.231 e. The van der Waals surface area contributed by atoms with Gasteiger partial charge in [-0.15, -0.1) is 0 Å². The van der Waals surface area contributed by atoms with Gasteiger partial charge in [0.25, 0.3) is 0 Å². The maximum absolute atomic E-state index is 11.2. The van der Waals surface area contributed by atoms with E-state index in [1.54, 1.807) is 6.92 Å². The zero-order chi connectivity index (χ0) is 8.97. The third-order valence-corrected chi connectivity index (χ3v) is 1.94. The molecule has 0 radical (unpaired) electrons. The molecule has 0 saturated carbocycles. The number of carbonyl (C=O) groups is 1. The summed E-state index contributed by atoms with van der Waals surface area (Å²) in [6.45, 7) is 3.52. The number of ketones is 1. The Bertz CT molecular complexity index is 267. The fourth-order valence-electron chi connectivity index (χ4n) is 1.17. The first-order chi connectivity index (χ1) is 5.74. The van der Waals surface area contributed by atoms with E-state index in [1.807, 2.05) is 13.1 Å². The van der Waals surface area contributed by atoms with Crippen LogP contribution in [0.5, 0.6) is 0 Å². The van der Waals surface area contributed by atoms with Gasteiger partial charge >= 0.3 is 0 Å². The minimum Gasteiger partial charge on any atom is -0.302 e. The molecule has 64 valence electrons. The van der Waals surface area contributed by atoms with Crippen LogP contribution in [-0.2, 0) is 4.79 Å². The molecule has 1 aliphatic rings. The van der Waals surface area contributed by atoms with Gasteiger partial charge in [-0.05, 0) is 26.3 Å². The molecule has 2 nitrogen and oxygen atoms in total. The highest BCUT2D eigenvalue weighted by Crippen LogP contribution is 2.09. The van der Waals surface area contributed by atoms with Gasteiger partial charge in [0, 0.05) is 18.7 Å². The van der Waals surface area contributed by atoms with Crippen LogP contribution in [0.2, 0.25) is 0 Å². The normalized spacial score (nSPS) is 17.7. The quantitative estimate of drug-likeness (QED) is 0.422. The van der Waals surface area contributed by atoms with E-state index in [1.165, 1.54) is 0 Å². The second-order valence-electron chi connectivity index (χ2n) is 2.95. The molecular weight excluding hydrogens is 150 g/mol. The second kappa shape index (κ2) is 4.08. The number of hydrogen-bond donors (Lipinski definition) is 0. The van der Waals surface area contributed by atoms with E-state index in [-0.39, 0.29) is 5.78 Å². The molecule has 0 fully saturated rings. The van der Waals surface area contributed by atoms with Gasteiger partial charge in [-0.3, -0.25) is 4.79 Å². The van der Waals surface area contributed by atoms with E-state index in [0.717, 1.165) is 25.1 Å². The highest BCUT2D eigenvalue weighted by molar-refractivity contribution is 6.08. The fraction of sp³-hybridized carbons (Fsp3) is 0.500. The Kier molecular flexibility index (Phi) is 3.07. The van der Waals surface area contributed by atoms with Crippen molar-refractivity contribution in [2.24, 2.45) is 0 Å². The van der Waals surface area contributed by atoms with Crippen LogP contribution in [0, 0.1) is 11.8 Å². The van der Waals surface area contributed by atoms with Crippen LogP contribution in [0.1, 0.15) is 13.3 Å². The van der Waals surface area contributed by atoms with Crippen molar-refractivity contribution in [1.82, 2.24) is 4.90 Å². The van der Waals surface area contributed by atoms with Crippen LogP contribution in [0.4, 0.5) is 0 Å². The Hall–Kier alpha value is -1.07. The highest BCUT2D eigenvalue weighted by Gasteiger charge is 2.12. The molecule has 0 aromatic heterocycles. The molecule has 1 heterocycles. The molecule has 0 atom stereocenters. The number of nitrogens with zero attached hydrogens (tertiary/aromatic N) is 1. The smallest absolute Gasteiger partial charge is 0.231 e. The van der Waals surface area contributed by atoms with Crippen molar-refractivity contribution in [3.63, 3.8) is 0 Å². The predicted octanol–water partition coefficient (Wildman–Crippen LogP) is 0.841. The summed E-state index contributed by atoms with van der Waals surface area (Å²) in [7, 11) is 2.04. The lowest BCUT2D eigenvalue weighted by Crippen LogP contribution is -2.25. The molecule has 2 heteroatoms. The van der Waals surface area contributed by atoms with Crippen LogP contribution in [0.3, 0.4) is 0 Å². The molecule has 0 saturated heterocycles. The van der Waals surface area contributed by atoms with Gasteiger partial charge in [0.1, 0.15) is 0 Å². The summed E-state index contributed by atoms with van der Waals surface area (Å²) in [4.78, 5) is 13.4. The first-order valence-corrected chi connectivity index (χ1v) is 4.08. The molecular formula is C10H13NO. The Morgan fingerprint density at radius 3 is 2.92 bits per heavy atom. The van der Waals surface area contributed by atoms with Crippen molar-refractivity contribution in [3.8, 4) is 11.8 Å². The van der Waals surface area contributed by atoms with Crippen LogP contribution < -0.4 is 0 Å². The molecule has 1 aliphatic heterocycles. The lowest BCUT2D eigenvalue weighted by atomic mass is 10.0. The first kappa shape index (κ1) is 9.02. The number of hydrogen-bond acceptors (Lipinski definition) is 2. The van der Waals surface area contributed by atoms with E-state index >= 15 is 0 Å². The minimum atomic E-state index is -0.00870. The summed E-state index contributed by atoms with van der Waals surface area (Å²) in [5, 5.41) is 0. The third-order valence-electron chi connectivity index (χ3n) is 1.94. The molecule has 12 heavy (non-hydrogen) atoms. The second-order valence-corrected chi connectivity index (χ2v) is 2.95. The van der Waals surface area contributed by atoms with E-state index in [0.29, 0.717) is 0 Å². The lowest BCUT2D eigenvalue weighted by molar-refractivity contribution is -0.110. The largest absolute Gasteiger partial charge is 0.302 e. The Morgan fingerprint density at radius 2 is 2.42 bits per heavy atom. The average molecular weight is 163 g/mol. The Morgan fingerprint density at radius 1 is 1.67 bits per heavy atom. The molecule has 0 bridgehead atoms. The molecule has 0 aromatic rings. The van der Waals surface area contributed by atoms with Crippen molar-refractivity contribution < 1.29 is 4.79 Å². The van der Waals surface area contributed by atoms with Crippen LogP contribution >= 0.6 is 0 Å². The zero-order valence-corrected chi connectivity index (χ0v) is 7.55. The van der Waals surface area contributed by atoms with Gasteiger partial charge in [0.05, 0.1) is 0 Å². The van der Waals surface area contributed by atoms with Crippen molar-refractivity contribution in [2.45, 2.75) is 13.3 Å². The third kappa shape index (κ3) is 2.21. The molecule has 0 amide bonds. The van der Waals surface area contributed by atoms with Gasteiger partial charge in [-0.1, -0.05) is 12.0 Å². The first-order valence-electron chi connectivity index (χ1n) is 4.08. The summed E-state index contributed by atoms with van der Waals surface area (Å²) in [6.07, 6.45) is 2.81. The minimum absolute atomic E-state index is 0.00870. The molecule has 0 aliphatic carbocycles. The van der Waals surface area contributed by atoms with E-state index < -0.39 is 0 Å². The Balaban J connectivity index is 2.63. The van der Waals surface area contributed by atoms with Gasteiger partial charge in [0.15, 0.2) is 0 Å². The summed E-state index contributed by atoms with van der Waals surface area (Å²) >= 11 is 0. The van der Waals surface area contributed by atoms with E-state index in [4.69, 9.17) is 0 Å². The summed E-state index contributed by atoms with van der Waals surface area (Å²) in [5.41, 5.74) is 0.877. The monoisotopic (exact) mass is 163 g/mol. The van der Waals surface area contributed by atoms with Crippen LogP contribution in [0.25, 0.3) is 0 Å². The number of rotatable bonds is 1. The SMILES string of the molecule is CC#CC(=O)C1=CCN(C)CC1. The van der Waals surface area contributed by atoms with Gasteiger partial charge in [-0.25, -0.2) is 0 Å². The molecule has 0 aromatic carbocycles. The molecule has 0 N–H and O–H groups in total. The van der Waals surface area contributed by atoms with Crippen molar-refractivity contribution in [1.29, 1.82) is 0 Å². The van der Waals surface area contributed by atoms with Gasteiger partial charge in [-0.2, -0.15) is 0 Å². The van der Waals surface area contributed by atoms with Gasteiger partial charge in [0.2, 0.25) is 5.78 Å². The van der Waals surface area contributed by atoms with Crippen LogP contribution in [0.15, 0.2) is 11.6 Å². The summed E-state index contributed by atoms with van der Waals surface area (Å²) in [5.74, 6) is 5.17. The van der Waals surface area contributed by atoms with Crippen molar-refractivity contribution >= 4 is 5.78 Å². The topological polar surface area (TPSA) is 20.3 Å². The standard InChI is InChI=1S/C10H13NO/c1-3-4-10(12)9-5-7-11(2)8-6-9/h5H,6-8H2,1-2H3. The van der Waals surface area contributed by atoms with Crippen molar-refractivity contribution in [3.05, 3.63) is 11.6 Å². The maximum atomic E-state index is 11.2. The molecule has 0 unspecified atom stereocenters. The van der Waals surface area contributed by atoms with Crippen LogP contribution in [-0.4, -0.2) is 30.8 Å². The number of Topliss-reactive ketones (excluding diaryl/α,β-unsaturated/α-hetero) is 1. The van der Waals surface area contributed by atoms with Gasteiger partial charge < -0.3 is 4.90 Å². The Labute approximate surface area is 73.2 Å². The van der Waals surface area contributed by atoms with E-state index in [9.17, 15) is 4.79 Å². The lowest BCUT2D eigenvalue weighted by Gasteiger charge is -2.19. The average Bonchev–Trinajstić information content (AvgIpc) is 2.06. The molecule has 1 rings (SSSR count). The van der Waals surface area contributed by atoms with E-state index in [2.05, 4.69) is 16.7 Å². The fourth-order valence-corrected chi connectivity index (χ4v) is 1.17. The zero-order valence-electron chi connectivity index (χ0n) is 7.55. The summed E-state index contributed by atoms with van der Waals surface area (Å²) < 4.78 is 0. The number of likely N-dealkylation sites (N-methyl/N-ethyl adjacent to an activating group) is 1.